The average Bonchev–Trinajstić information content (AvgIpc) is 2.84. The maximum Gasteiger partial charge on any atom is 0.200 e. The number of nitrogens with two attached hydrogens (primary N) is 1. The number of rotatable bonds is 3. The van der Waals surface area contributed by atoms with Gasteiger partial charge in [0.05, 0.1) is 0 Å². The topological polar surface area (TPSA) is 56.2 Å². The highest BCUT2D eigenvalue weighted by Crippen LogP contribution is 2.30. The molecule has 2 heterocycles. The molecule has 0 bridgehead atoms. The Balaban J connectivity index is 2.01. The van der Waals surface area contributed by atoms with Crippen molar-refractivity contribution in [1.29, 1.82) is 0 Å². The maximum absolute atomic E-state index is 5.97. The third-order valence-electron chi connectivity index (χ3n) is 2.73. The summed E-state index contributed by atoms with van der Waals surface area (Å²) < 4.78 is 1.94. The molecule has 0 atom stereocenters. The highest BCUT2D eigenvalue weighted by molar-refractivity contribution is 7.99. The van der Waals surface area contributed by atoms with Crippen LogP contribution in [0.3, 0.4) is 0 Å². The lowest BCUT2D eigenvalue weighted by atomic mass is 10.2. The zero-order valence-electron chi connectivity index (χ0n) is 9.95. The summed E-state index contributed by atoms with van der Waals surface area (Å²) in [6.07, 6.45) is 1.94. The van der Waals surface area contributed by atoms with Gasteiger partial charge in [-0.15, -0.1) is 10.2 Å². The number of pyridine rings is 1. The van der Waals surface area contributed by atoms with Crippen LogP contribution in [0.2, 0.25) is 5.02 Å². The first-order valence-electron chi connectivity index (χ1n) is 5.74. The van der Waals surface area contributed by atoms with Crippen molar-refractivity contribution >= 4 is 29.0 Å². The average molecular weight is 291 g/mol. The molecule has 1 aromatic carbocycles. The van der Waals surface area contributed by atoms with E-state index in [4.69, 9.17) is 17.3 Å². The normalized spacial score (nSPS) is 11.1. The third kappa shape index (κ3) is 2.45. The minimum atomic E-state index is 0.444. The molecule has 0 fully saturated rings. The molecule has 0 aliphatic rings. The molecule has 19 heavy (non-hydrogen) atoms. The second-order valence-corrected chi connectivity index (χ2v) is 5.42. The SMILES string of the molecule is NCc1cc(Cl)ccc1Sc1nnc2ccccn12. The van der Waals surface area contributed by atoms with Crippen molar-refractivity contribution in [2.75, 3.05) is 0 Å². The molecular weight excluding hydrogens is 280 g/mol. The van der Waals surface area contributed by atoms with E-state index in [2.05, 4.69) is 10.2 Å². The fourth-order valence-corrected chi connectivity index (χ4v) is 2.93. The first-order valence-corrected chi connectivity index (χ1v) is 6.93. The van der Waals surface area contributed by atoms with Gasteiger partial charge in [0.1, 0.15) is 0 Å². The van der Waals surface area contributed by atoms with E-state index in [1.165, 1.54) is 11.8 Å². The van der Waals surface area contributed by atoms with E-state index in [-0.39, 0.29) is 0 Å². The minimum Gasteiger partial charge on any atom is -0.326 e. The van der Waals surface area contributed by atoms with Crippen LogP contribution in [-0.4, -0.2) is 14.6 Å². The summed E-state index contributed by atoms with van der Waals surface area (Å²) >= 11 is 7.51. The molecule has 4 nitrogen and oxygen atoms in total. The fraction of sp³-hybridized carbons (Fsp3) is 0.0769. The Kier molecular flexibility index (Phi) is 3.42. The largest absolute Gasteiger partial charge is 0.326 e. The molecule has 0 radical (unpaired) electrons. The van der Waals surface area contributed by atoms with E-state index < -0.39 is 0 Å². The van der Waals surface area contributed by atoms with E-state index in [0.717, 1.165) is 21.3 Å². The van der Waals surface area contributed by atoms with Crippen LogP contribution >= 0.6 is 23.4 Å². The number of nitrogens with zero attached hydrogens (tertiary/aromatic N) is 3. The Morgan fingerprint density at radius 2 is 2.11 bits per heavy atom. The second-order valence-electron chi connectivity index (χ2n) is 3.97. The highest BCUT2D eigenvalue weighted by Gasteiger charge is 2.09. The summed E-state index contributed by atoms with van der Waals surface area (Å²) in [6.45, 7) is 0.444. The van der Waals surface area contributed by atoms with E-state index >= 15 is 0 Å². The van der Waals surface area contributed by atoms with Gasteiger partial charge in [-0.05, 0) is 47.7 Å². The zero-order chi connectivity index (χ0) is 13.2. The van der Waals surface area contributed by atoms with Gasteiger partial charge in [-0.2, -0.15) is 0 Å². The lowest BCUT2D eigenvalue weighted by molar-refractivity contribution is 0.918. The van der Waals surface area contributed by atoms with E-state index in [0.29, 0.717) is 11.6 Å². The van der Waals surface area contributed by atoms with E-state index in [1.807, 2.05) is 47.0 Å². The number of aromatic nitrogens is 3. The molecule has 6 heteroatoms. The highest BCUT2D eigenvalue weighted by atomic mass is 35.5. The van der Waals surface area contributed by atoms with Crippen LogP contribution in [0.4, 0.5) is 0 Å². The summed E-state index contributed by atoms with van der Waals surface area (Å²) in [5.74, 6) is 0. The summed E-state index contributed by atoms with van der Waals surface area (Å²) in [5, 5.41) is 9.82. The minimum absolute atomic E-state index is 0.444. The molecule has 2 aromatic heterocycles. The van der Waals surface area contributed by atoms with Crippen LogP contribution in [-0.2, 0) is 6.54 Å². The van der Waals surface area contributed by atoms with Crippen molar-refractivity contribution in [3.63, 3.8) is 0 Å². The van der Waals surface area contributed by atoms with Gasteiger partial charge in [0.15, 0.2) is 10.8 Å². The summed E-state index contributed by atoms with van der Waals surface area (Å²) in [7, 11) is 0. The Labute approximate surface area is 119 Å². The fourth-order valence-electron chi connectivity index (χ4n) is 1.79. The Hall–Kier alpha value is -1.56. The molecule has 0 aliphatic carbocycles. The van der Waals surface area contributed by atoms with Gasteiger partial charge in [0.2, 0.25) is 0 Å². The van der Waals surface area contributed by atoms with E-state index in [1.54, 1.807) is 0 Å². The van der Waals surface area contributed by atoms with Gasteiger partial charge >= 0.3 is 0 Å². The van der Waals surface area contributed by atoms with Gasteiger partial charge in [-0.25, -0.2) is 0 Å². The van der Waals surface area contributed by atoms with Gasteiger partial charge in [0.25, 0.3) is 0 Å². The predicted octanol–water partition coefficient (Wildman–Crippen LogP) is 2.99. The molecule has 0 saturated heterocycles. The van der Waals surface area contributed by atoms with Crippen LogP contribution in [0.1, 0.15) is 5.56 Å². The number of benzene rings is 1. The molecule has 0 unspecified atom stereocenters. The van der Waals surface area contributed by atoms with Gasteiger partial charge in [-0.3, -0.25) is 4.40 Å². The summed E-state index contributed by atoms with van der Waals surface area (Å²) in [6, 6.07) is 11.5. The molecule has 0 amide bonds. The monoisotopic (exact) mass is 290 g/mol. The Bertz CT molecular complexity index is 725. The van der Waals surface area contributed by atoms with Crippen molar-refractivity contribution in [2.24, 2.45) is 5.73 Å². The van der Waals surface area contributed by atoms with Gasteiger partial charge in [0, 0.05) is 22.7 Å². The number of halogens is 1. The number of fused-ring (bicyclic) bond motifs is 1. The molecule has 0 spiro atoms. The summed E-state index contributed by atoms with van der Waals surface area (Å²) in [4.78, 5) is 1.05. The predicted molar refractivity (Wildman–Crippen MR) is 76.5 cm³/mol. The van der Waals surface area contributed by atoms with Gasteiger partial charge < -0.3 is 5.73 Å². The Morgan fingerprint density at radius 1 is 1.21 bits per heavy atom. The number of hydrogen-bond donors (Lipinski definition) is 1. The van der Waals surface area contributed by atoms with E-state index in [9.17, 15) is 0 Å². The van der Waals surface area contributed by atoms with Crippen LogP contribution < -0.4 is 5.73 Å². The van der Waals surface area contributed by atoms with Crippen molar-refractivity contribution in [2.45, 2.75) is 16.6 Å². The summed E-state index contributed by atoms with van der Waals surface area (Å²) in [5.41, 5.74) is 7.58. The molecule has 96 valence electrons. The van der Waals surface area contributed by atoms with Crippen molar-refractivity contribution in [1.82, 2.24) is 14.6 Å². The van der Waals surface area contributed by atoms with Crippen molar-refractivity contribution in [3.05, 3.63) is 53.2 Å². The molecule has 3 rings (SSSR count). The lowest BCUT2D eigenvalue weighted by Crippen LogP contribution is -1.98. The van der Waals surface area contributed by atoms with Crippen LogP contribution in [0.25, 0.3) is 5.65 Å². The zero-order valence-corrected chi connectivity index (χ0v) is 11.5. The molecular formula is C13H11ClN4S. The smallest absolute Gasteiger partial charge is 0.200 e. The molecule has 0 saturated carbocycles. The second kappa shape index (κ2) is 5.21. The number of hydrogen-bond acceptors (Lipinski definition) is 4. The quantitative estimate of drug-likeness (QED) is 0.806. The van der Waals surface area contributed by atoms with Crippen LogP contribution in [0, 0.1) is 0 Å². The maximum atomic E-state index is 5.97. The van der Waals surface area contributed by atoms with Crippen LogP contribution in [0.15, 0.2) is 52.6 Å². The third-order valence-corrected chi connectivity index (χ3v) is 4.04. The van der Waals surface area contributed by atoms with Crippen LogP contribution in [0.5, 0.6) is 0 Å². The first-order chi connectivity index (χ1) is 9.28. The van der Waals surface area contributed by atoms with Crippen molar-refractivity contribution < 1.29 is 0 Å². The molecule has 3 aromatic rings. The van der Waals surface area contributed by atoms with Crippen molar-refractivity contribution in [3.8, 4) is 0 Å². The molecule has 2 N–H and O–H groups in total. The Morgan fingerprint density at radius 3 is 2.95 bits per heavy atom. The lowest BCUT2D eigenvalue weighted by Gasteiger charge is -2.06. The first kappa shape index (κ1) is 12.5. The molecule has 0 aliphatic heterocycles. The van der Waals surface area contributed by atoms with Gasteiger partial charge in [-0.1, -0.05) is 17.7 Å². The standard InChI is InChI=1S/C13H11ClN4S/c14-10-4-5-11(9(7-10)8-15)19-13-17-16-12-3-1-2-6-18(12)13/h1-7H,8,15H2.